The zero-order valence-corrected chi connectivity index (χ0v) is 10.5. The van der Waals surface area contributed by atoms with Crippen LogP contribution in [0.4, 0.5) is 0 Å². The molecular formula is C14H23N. The number of hydrogen-bond donors (Lipinski definition) is 1. The van der Waals surface area contributed by atoms with Gasteiger partial charge in [0.2, 0.25) is 0 Å². The van der Waals surface area contributed by atoms with Gasteiger partial charge < -0.3 is 5.32 Å². The third-order valence-corrected chi connectivity index (χ3v) is 5.41. The van der Waals surface area contributed by atoms with Gasteiger partial charge in [-0.1, -0.05) is 26.7 Å². The van der Waals surface area contributed by atoms with Crippen molar-refractivity contribution in [3.8, 4) is 11.8 Å². The van der Waals surface area contributed by atoms with Gasteiger partial charge in [0.25, 0.3) is 0 Å². The summed E-state index contributed by atoms with van der Waals surface area (Å²) in [6.07, 6.45) is 4.18. The first-order valence-corrected chi connectivity index (χ1v) is 6.15. The first-order valence-electron chi connectivity index (χ1n) is 6.15. The molecule has 3 atom stereocenters. The quantitative estimate of drug-likeness (QED) is 0.684. The third-order valence-electron chi connectivity index (χ3n) is 5.41. The van der Waals surface area contributed by atoms with Gasteiger partial charge in [0.15, 0.2) is 0 Å². The largest absolute Gasteiger partial charge is 0.303 e. The van der Waals surface area contributed by atoms with Crippen LogP contribution in [0.15, 0.2) is 0 Å². The van der Waals surface area contributed by atoms with E-state index in [4.69, 9.17) is 0 Å². The standard InChI is InChI=1S/C14H23N/c1-5-6-9-15-12-10-11-7-8-14(12,4)13(11,2)3/h11-12,15H,7-10H2,1-4H3/t11?,12?,14-/m0/s1. The summed E-state index contributed by atoms with van der Waals surface area (Å²) in [4.78, 5) is 0. The summed E-state index contributed by atoms with van der Waals surface area (Å²) in [5.74, 6) is 7.00. The van der Waals surface area contributed by atoms with Crippen molar-refractivity contribution in [1.29, 1.82) is 0 Å². The Morgan fingerprint density at radius 1 is 1.33 bits per heavy atom. The highest BCUT2D eigenvalue weighted by molar-refractivity contribution is 5.13. The van der Waals surface area contributed by atoms with Crippen molar-refractivity contribution in [2.75, 3.05) is 6.54 Å². The lowest BCUT2D eigenvalue weighted by Gasteiger charge is -2.39. The van der Waals surface area contributed by atoms with Gasteiger partial charge >= 0.3 is 0 Å². The Labute approximate surface area is 94.0 Å². The second kappa shape index (κ2) is 3.52. The molecule has 0 spiro atoms. The molecule has 0 amide bonds. The maximum Gasteiger partial charge on any atom is 0.0578 e. The van der Waals surface area contributed by atoms with E-state index in [1.54, 1.807) is 0 Å². The second-order valence-electron chi connectivity index (χ2n) is 5.97. The van der Waals surface area contributed by atoms with E-state index in [0.717, 1.165) is 12.5 Å². The van der Waals surface area contributed by atoms with E-state index >= 15 is 0 Å². The average molecular weight is 205 g/mol. The van der Waals surface area contributed by atoms with Crippen molar-refractivity contribution in [1.82, 2.24) is 5.32 Å². The summed E-state index contributed by atoms with van der Waals surface area (Å²) in [6.45, 7) is 10.2. The van der Waals surface area contributed by atoms with E-state index in [-0.39, 0.29) is 0 Å². The smallest absolute Gasteiger partial charge is 0.0578 e. The molecule has 1 nitrogen and oxygen atoms in total. The summed E-state index contributed by atoms with van der Waals surface area (Å²) >= 11 is 0. The predicted octanol–water partition coefficient (Wildman–Crippen LogP) is 2.81. The van der Waals surface area contributed by atoms with Gasteiger partial charge in [-0.25, -0.2) is 0 Å². The summed E-state index contributed by atoms with van der Waals surface area (Å²) in [7, 11) is 0. The van der Waals surface area contributed by atoms with Crippen LogP contribution in [0.2, 0.25) is 0 Å². The van der Waals surface area contributed by atoms with Crippen molar-refractivity contribution in [2.24, 2.45) is 16.7 Å². The molecule has 2 aliphatic carbocycles. The van der Waals surface area contributed by atoms with Crippen molar-refractivity contribution >= 4 is 0 Å². The minimum atomic E-state index is 0.493. The molecule has 2 bridgehead atoms. The third kappa shape index (κ3) is 1.42. The maximum atomic E-state index is 3.64. The van der Waals surface area contributed by atoms with Gasteiger partial charge in [-0.3, -0.25) is 0 Å². The highest BCUT2D eigenvalue weighted by atomic mass is 15.0. The van der Waals surface area contributed by atoms with Crippen LogP contribution in [-0.2, 0) is 0 Å². The molecule has 2 rings (SSSR count). The van der Waals surface area contributed by atoms with Crippen LogP contribution in [0.1, 0.15) is 47.0 Å². The van der Waals surface area contributed by atoms with Crippen LogP contribution in [0.5, 0.6) is 0 Å². The van der Waals surface area contributed by atoms with Crippen molar-refractivity contribution < 1.29 is 0 Å². The predicted molar refractivity (Wildman–Crippen MR) is 64.5 cm³/mol. The van der Waals surface area contributed by atoms with Crippen LogP contribution in [0, 0.1) is 28.6 Å². The molecule has 2 saturated carbocycles. The monoisotopic (exact) mass is 205 g/mol. The molecule has 0 radical (unpaired) electrons. The highest BCUT2D eigenvalue weighted by Crippen LogP contribution is 2.65. The summed E-state index contributed by atoms with van der Waals surface area (Å²) in [5.41, 5.74) is 1.01. The number of fused-ring (bicyclic) bond motifs is 2. The minimum absolute atomic E-state index is 0.493. The fourth-order valence-electron chi connectivity index (χ4n) is 3.78. The molecule has 1 heteroatoms. The fraction of sp³-hybridized carbons (Fsp3) is 0.857. The maximum absolute atomic E-state index is 3.64. The molecule has 1 N–H and O–H groups in total. The van der Waals surface area contributed by atoms with Crippen LogP contribution in [0.25, 0.3) is 0 Å². The van der Waals surface area contributed by atoms with Gasteiger partial charge in [-0.05, 0) is 42.9 Å². The van der Waals surface area contributed by atoms with Gasteiger partial charge in [-0.15, -0.1) is 5.92 Å². The van der Waals surface area contributed by atoms with Gasteiger partial charge in [0, 0.05) is 6.04 Å². The van der Waals surface area contributed by atoms with Gasteiger partial charge in [-0.2, -0.15) is 0 Å². The molecule has 84 valence electrons. The van der Waals surface area contributed by atoms with E-state index in [0.29, 0.717) is 16.9 Å². The second-order valence-corrected chi connectivity index (χ2v) is 5.97. The topological polar surface area (TPSA) is 12.0 Å². The first-order chi connectivity index (χ1) is 7.02. The molecule has 2 unspecified atom stereocenters. The van der Waals surface area contributed by atoms with Crippen LogP contribution >= 0.6 is 0 Å². The summed E-state index contributed by atoms with van der Waals surface area (Å²) in [6, 6.07) is 0.687. The van der Waals surface area contributed by atoms with Gasteiger partial charge in [0.1, 0.15) is 0 Å². The molecule has 15 heavy (non-hydrogen) atoms. The van der Waals surface area contributed by atoms with E-state index in [9.17, 15) is 0 Å². The van der Waals surface area contributed by atoms with Crippen LogP contribution in [0.3, 0.4) is 0 Å². The van der Waals surface area contributed by atoms with Crippen molar-refractivity contribution in [3.63, 3.8) is 0 Å². The van der Waals surface area contributed by atoms with Crippen molar-refractivity contribution in [3.05, 3.63) is 0 Å². The Hall–Kier alpha value is -0.480. The number of rotatable bonds is 2. The molecule has 2 aliphatic rings. The fourth-order valence-corrected chi connectivity index (χ4v) is 3.78. The molecular weight excluding hydrogens is 182 g/mol. The summed E-state index contributed by atoms with van der Waals surface area (Å²) in [5, 5.41) is 3.64. The van der Waals surface area contributed by atoms with Gasteiger partial charge in [0.05, 0.1) is 6.54 Å². The van der Waals surface area contributed by atoms with E-state index in [2.05, 4.69) is 37.9 Å². The highest BCUT2D eigenvalue weighted by Gasteiger charge is 2.60. The molecule has 0 heterocycles. The van der Waals surface area contributed by atoms with E-state index in [1.807, 2.05) is 6.92 Å². The van der Waals surface area contributed by atoms with Crippen molar-refractivity contribution in [2.45, 2.75) is 53.0 Å². The summed E-state index contributed by atoms with van der Waals surface area (Å²) < 4.78 is 0. The molecule has 0 saturated heterocycles. The molecule has 2 fully saturated rings. The molecule has 0 aromatic rings. The van der Waals surface area contributed by atoms with E-state index in [1.165, 1.54) is 19.3 Å². The number of nitrogens with one attached hydrogen (secondary N) is 1. The van der Waals surface area contributed by atoms with Crippen LogP contribution in [-0.4, -0.2) is 12.6 Å². The van der Waals surface area contributed by atoms with Crippen LogP contribution < -0.4 is 5.32 Å². The first kappa shape index (κ1) is 11.0. The Kier molecular flexibility index (Phi) is 2.59. The zero-order chi connectivity index (χ0) is 11.1. The Morgan fingerprint density at radius 3 is 2.53 bits per heavy atom. The average Bonchev–Trinajstić information content (AvgIpc) is 2.51. The SMILES string of the molecule is CC#CCNC1CC2CC[C@]1(C)C2(C)C. The lowest BCUT2D eigenvalue weighted by Crippen LogP contribution is -2.44. The normalized spacial score (nSPS) is 41.3. The number of hydrogen-bond acceptors (Lipinski definition) is 1. The molecule has 0 aromatic heterocycles. The lowest BCUT2D eigenvalue weighted by molar-refractivity contribution is 0.123. The zero-order valence-electron chi connectivity index (χ0n) is 10.5. The Morgan fingerprint density at radius 2 is 2.07 bits per heavy atom. The minimum Gasteiger partial charge on any atom is -0.303 e. The lowest BCUT2D eigenvalue weighted by atomic mass is 9.69. The molecule has 0 aromatic carbocycles. The Bertz CT molecular complexity index is 307. The Balaban J connectivity index is 2.07. The van der Waals surface area contributed by atoms with E-state index < -0.39 is 0 Å². The molecule has 0 aliphatic heterocycles.